The first-order chi connectivity index (χ1) is 16.2. The smallest absolute Gasteiger partial charge is 0.228 e. The van der Waals surface area contributed by atoms with Gasteiger partial charge >= 0.3 is 0 Å². The second-order valence-corrected chi connectivity index (χ2v) is 10.2. The van der Waals surface area contributed by atoms with E-state index in [1.807, 2.05) is 58.1 Å². The van der Waals surface area contributed by atoms with Crippen LogP contribution in [0.15, 0.2) is 59.3 Å². The SMILES string of the molecule is C[C@H]1CN(c2nc3ccccc3c3nnc(-c4cccs4)n23)CCN1C(=O)Cc1cccs1. The van der Waals surface area contributed by atoms with Crippen molar-refractivity contribution in [3.8, 4) is 10.7 Å². The number of rotatable bonds is 4. The third-order valence-electron chi connectivity index (χ3n) is 6.11. The molecule has 0 bridgehead atoms. The van der Waals surface area contributed by atoms with E-state index < -0.39 is 0 Å². The predicted octanol–water partition coefficient (Wildman–Crippen LogP) is 4.35. The summed E-state index contributed by atoms with van der Waals surface area (Å²) in [5.74, 6) is 1.82. The van der Waals surface area contributed by atoms with Gasteiger partial charge in [-0.15, -0.1) is 32.9 Å². The van der Waals surface area contributed by atoms with Crippen molar-refractivity contribution in [2.75, 3.05) is 24.5 Å². The van der Waals surface area contributed by atoms with Crippen LogP contribution in [0.2, 0.25) is 0 Å². The fourth-order valence-corrected chi connectivity index (χ4v) is 5.91. The molecular weight excluding hydrogens is 452 g/mol. The maximum atomic E-state index is 12.9. The molecule has 7 nitrogen and oxygen atoms in total. The Morgan fingerprint density at radius 2 is 1.88 bits per heavy atom. The standard InChI is InChI=1S/C24H22N6OS2/c1-16-15-28(10-11-29(16)21(31)14-17-6-4-12-32-17)24-25-19-8-3-2-7-18(19)22-26-27-23(30(22)24)20-9-5-13-33-20/h2-9,12-13,16H,10-11,14-15H2,1H3/t16-/m0/s1. The van der Waals surface area contributed by atoms with Gasteiger partial charge in [-0.2, -0.15) is 0 Å². The Labute approximate surface area is 198 Å². The average molecular weight is 475 g/mol. The summed E-state index contributed by atoms with van der Waals surface area (Å²) in [4.78, 5) is 24.4. The fraction of sp³-hybridized carbons (Fsp3) is 0.250. The van der Waals surface area contributed by atoms with Crippen molar-refractivity contribution in [3.63, 3.8) is 0 Å². The van der Waals surface area contributed by atoms with E-state index >= 15 is 0 Å². The minimum Gasteiger partial charge on any atom is -0.338 e. The van der Waals surface area contributed by atoms with Crippen LogP contribution in [-0.2, 0) is 11.2 Å². The zero-order chi connectivity index (χ0) is 22.4. The number of anilines is 1. The van der Waals surface area contributed by atoms with Crippen molar-refractivity contribution in [1.29, 1.82) is 0 Å². The molecule has 1 aliphatic heterocycles. The van der Waals surface area contributed by atoms with Gasteiger partial charge in [0.05, 0.1) is 16.8 Å². The number of thiophene rings is 2. The lowest BCUT2D eigenvalue weighted by molar-refractivity contribution is -0.132. The Morgan fingerprint density at radius 3 is 2.67 bits per heavy atom. The first kappa shape index (κ1) is 20.3. The summed E-state index contributed by atoms with van der Waals surface area (Å²) in [5.41, 5.74) is 1.71. The molecule has 1 aliphatic rings. The molecule has 9 heteroatoms. The number of piperazine rings is 1. The highest BCUT2D eigenvalue weighted by Crippen LogP contribution is 2.31. The zero-order valence-electron chi connectivity index (χ0n) is 18.1. The second kappa shape index (κ2) is 8.24. The average Bonchev–Trinajstić information content (AvgIpc) is 3.59. The number of carbonyl (C=O) groups is 1. The lowest BCUT2D eigenvalue weighted by Gasteiger charge is -2.40. The van der Waals surface area contributed by atoms with Crippen LogP contribution in [0.3, 0.4) is 0 Å². The third-order valence-corrected chi connectivity index (χ3v) is 7.85. The molecule has 166 valence electrons. The van der Waals surface area contributed by atoms with Crippen molar-refractivity contribution in [2.45, 2.75) is 19.4 Å². The molecule has 33 heavy (non-hydrogen) atoms. The summed E-state index contributed by atoms with van der Waals surface area (Å²) in [6, 6.07) is 16.2. The van der Waals surface area contributed by atoms with Crippen molar-refractivity contribution < 1.29 is 4.79 Å². The highest BCUT2D eigenvalue weighted by Gasteiger charge is 2.30. The van der Waals surface area contributed by atoms with E-state index in [4.69, 9.17) is 4.98 Å². The van der Waals surface area contributed by atoms with Gasteiger partial charge in [0.15, 0.2) is 11.5 Å². The summed E-state index contributed by atoms with van der Waals surface area (Å²) in [6.07, 6.45) is 0.467. The highest BCUT2D eigenvalue weighted by molar-refractivity contribution is 7.13. The molecule has 0 spiro atoms. The monoisotopic (exact) mass is 474 g/mol. The van der Waals surface area contributed by atoms with Gasteiger partial charge in [0.1, 0.15) is 0 Å². The lowest BCUT2D eigenvalue weighted by Crippen LogP contribution is -2.55. The Hall–Kier alpha value is -3.30. The molecule has 1 amide bonds. The maximum Gasteiger partial charge on any atom is 0.228 e. The predicted molar refractivity (Wildman–Crippen MR) is 133 cm³/mol. The first-order valence-electron chi connectivity index (χ1n) is 10.9. The normalized spacial score (nSPS) is 16.7. The molecule has 1 fully saturated rings. The van der Waals surface area contributed by atoms with E-state index in [1.165, 1.54) is 0 Å². The number of hydrogen-bond acceptors (Lipinski definition) is 7. The molecule has 1 aromatic carbocycles. The minimum absolute atomic E-state index is 0.0798. The Bertz CT molecular complexity index is 1430. The van der Waals surface area contributed by atoms with Crippen LogP contribution < -0.4 is 4.90 Å². The van der Waals surface area contributed by atoms with Crippen LogP contribution in [0.5, 0.6) is 0 Å². The number of fused-ring (bicyclic) bond motifs is 3. The Balaban J connectivity index is 1.37. The summed E-state index contributed by atoms with van der Waals surface area (Å²) < 4.78 is 2.07. The third kappa shape index (κ3) is 3.57. The Kier molecular flexibility index (Phi) is 5.07. The zero-order valence-corrected chi connectivity index (χ0v) is 19.7. The summed E-state index contributed by atoms with van der Waals surface area (Å²) >= 11 is 3.27. The number of carbonyl (C=O) groups excluding carboxylic acids is 1. The number of nitrogens with zero attached hydrogens (tertiary/aromatic N) is 6. The van der Waals surface area contributed by atoms with Gasteiger partial charge in [0.2, 0.25) is 11.9 Å². The van der Waals surface area contributed by atoms with E-state index in [1.54, 1.807) is 22.7 Å². The molecule has 0 aliphatic carbocycles. The van der Waals surface area contributed by atoms with Crippen molar-refractivity contribution in [2.24, 2.45) is 0 Å². The molecule has 4 aromatic heterocycles. The lowest BCUT2D eigenvalue weighted by atomic mass is 10.1. The number of para-hydroxylation sites is 1. The van der Waals surface area contributed by atoms with Crippen LogP contribution in [0.25, 0.3) is 27.3 Å². The number of amides is 1. The summed E-state index contributed by atoms with van der Waals surface area (Å²) in [7, 11) is 0. The number of aromatic nitrogens is 4. The van der Waals surface area contributed by atoms with Crippen LogP contribution in [0.4, 0.5) is 5.95 Å². The van der Waals surface area contributed by atoms with Gasteiger partial charge in [-0.3, -0.25) is 4.79 Å². The van der Waals surface area contributed by atoms with E-state index in [9.17, 15) is 4.79 Å². The van der Waals surface area contributed by atoms with Gasteiger partial charge in [-0.05, 0) is 41.9 Å². The molecule has 5 aromatic rings. The molecular formula is C24H22N6OS2. The Morgan fingerprint density at radius 1 is 1.03 bits per heavy atom. The van der Waals surface area contributed by atoms with E-state index in [2.05, 4.69) is 32.5 Å². The maximum absolute atomic E-state index is 12.9. The van der Waals surface area contributed by atoms with E-state index in [-0.39, 0.29) is 11.9 Å². The largest absolute Gasteiger partial charge is 0.338 e. The van der Waals surface area contributed by atoms with Gasteiger partial charge in [-0.1, -0.05) is 24.3 Å². The molecule has 1 atom stereocenters. The van der Waals surface area contributed by atoms with E-state index in [0.29, 0.717) is 26.1 Å². The van der Waals surface area contributed by atoms with Gasteiger partial charge < -0.3 is 9.80 Å². The molecule has 0 radical (unpaired) electrons. The van der Waals surface area contributed by atoms with Crippen molar-refractivity contribution in [1.82, 2.24) is 24.5 Å². The highest BCUT2D eigenvalue weighted by atomic mass is 32.1. The van der Waals surface area contributed by atoms with Gasteiger partial charge in [0, 0.05) is 35.9 Å². The van der Waals surface area contributed by atoms with Crippen molar-refractivity contribution >= 4 is 51.1 Å². The molecule has 0 unspecified atom stereocenters. The van der Waals surface area contributed by atoms with Crippen LogP contribution in [-0.4, -0.2) is 56.1 Å². The second-order valence-electron chi connectivity index (χ2n) is 8.23. The fourth-order valence-electron chi connectivity index (χ4n) is 4.52. The number of benzene rings is 1. The molecule has 5 heterocycles. The topological polar surface area (TPSA) is 66.6 Å². The van der Waals surface area contributed by atoms with Crippen LogP contribution >= 0.6 is 22.7 Å². The first-order valence-corrected chi connectivity index (χ1v) is 12.7. The minimum atomic E-state index is 0.0798. The molecule has 1 saturated heterocycles. The number of hydrogen-bond donors (Lipinski definition) is 0. The molecule has 0 saturated carbocycles. The van der Waals surface area contributed by atoms with E-state index in [0.717, 1.165) is 38.1 Å². The van der Waals surface area contributed by atoms with Crippen LogP contribution in [0.1, 0.15) is 11.8 Å². The molecule has 0 N–H and O–H groups in total. The molecule has 6 rings (SSSR count). The van der Waals surface area contributed by atoms with Gasteiger partial charge in [0.25, 0.3) is 0 Å². The summed E-state index contributed by atoms with van der Waals surface area (Å²) in [5, 5.41) is 14.1. The quantitative estimate of drug-likeness (QED) is 0.388. The summed E-state index contributed by atoms with van der Waals surface area (Å²) in [6.45, 7) is 4.20. The van der Waals surface area contributed by atoms with Crippen molar-refractivity contribution in [3.05, 3.63) is 64.2 Å². The van der Waals surface area contributed by atoms with Gasteiger partial charge in [-0.25, -0.2) is 9.38 Å². The van der Waals surface area contributed by atoms with Crippen LogP contribution in [0, 0.1) is 0 Å².